The average Bonchev–Trinajstić information content (AvgIpc) is 2.65. The van der Waals surface area contributed by atoms with Crippen molar-refractivity contribution < 1.29 is 4.39 Å². The Labute approximate surface area is 90.1 Å². The minimum absolute atomic E-state index is 0.494. The Bertz CT molecular complexity index is 321. The van der Waals surface area contributed by atoms with Gasteiger partial charge in [0.1, 0.15) is 12.0 Å². The van der Waals surface area contributed by atoms with E-state index in [9.17, 15) is 4.39 Å². The van der Waals surface area contributed by atoms with Gasteiger partial charge in [0.25, 0.3) is 0 Å². The highest BCUT2D eigenvalue weighted by Gasteiger charge is 2.22. The fourth-order valence-corrected chi connectivity index (χ4v) is 1.85. The van der Waals surface area contributed by atoms with Crippen LogP contribution in [0.2, 0.25) is 0 Å². The predicted molar refractivity (Wildman–Crippen MR) is 60.1 cm³/mol. The summed E-state index contributed by atoms with van der Waals surface area (Å²) in [7, 11) is 0. The van der Waals surface area contributed by atoms with E-state index in [0.29, 0.717) is 18.9 Å². The fraction of sp³-hybridized carbons (Fsp3) is 0.583. The first-order valence-electron chi connectivity index (χ1n) is 5.52. The molecule has 1 aliphatic rings. The number of hydrogen-bond donors (Lipinski definition) is 0. The van der Waals surface area contributed by atoms with Crippen LogP contribution in [0.3, 0.4) is 0 Å². The third-order valence-electron chi connectivity index (χ3n) is 2.89. The number of halogens is 1. The molecule has 1 aromatic heterocycles. The normalized spacial score (nSPS) is 21.3. The third kappa shape index (κ3) is 2.28. The van der Waals surface area contributed by atoms with Gasteiger partial charge in [-0.3, -0.25) is 0 Å². The van der Waals surface area contributed by atoms with Crippen molar-refractivity contribution in [2.75, 3.05) is 18.0 Å². The maximum Gasteiger partial charge on any atom is 0.128 e. The molecular weight excluding hydrogens is 191 g/mol. The van der Waals surface area contributed by atoms with Crippen molar-refractivity contribution >= 4 is 5.82 Å². The standard InChI is InChI=1S/C12H17FN2/c1-9(2)10-3-4-12(14-7-10)15-6-5-11(13)8-15/h3-4,7,9,11H,5-6,8H2,1-2H3. The number of anilines is 1. The summed E-state index contributed by atoms with van der Waals surface area (Å²) < 4.78 is 13.0. The van der Waals surface area contributed by atoms with Crippen LogP contribution >= 0.6 is 0 Å². The topological polar surface area (TPSA) is 16.1 Å². The van der Waals surface area contributed by atoms with Crippen LogP contribution in [0.1, 0.15) is 31.7 Å². The van der Waals surface area contributed by atoms with Gasteiger partial charge in [-0.15, -0.1) is 0 Å². The first-order valence-corrected chi connectivity index (χ1v) is 5.52. The molecule has 0 saturated carbocycles. The Kier molecular flexibility index (Phi) is 2.89. The molecule has 2 nitrogen and oxygen atoms in total. The lowest BCUT2D eigenvalue weighted by Crippen LogP contribution is -2.20. The summed E-state index contributed by atoms with van der Waals surface area (Å²) in [4.78, 5) is 6.38. The molecule has 3 heteroatoms. The minimum Gasteiger partial charge on any atom is -0.354 e. The zero-order chi connectivity index (χ0) is 10.8. The van der Waals surface area contributed by atoms with E-state index in [1.807, 2.05) is 17.2 Å². The number of aromatic nitrogens is 1. The van der Waals surface area contributed by atoms with Crippen molar-refractivity contribution in [3.63, 3.8) is 0 Å². The smallest absolute Gasteiger partial charge is 0.128 e. The van der Waals surface area contributed by atoms with Gasteiger partial charge in [-0.1, -0.05) is 19.9 Å². The van der Waals surface area contributed by atoms with Gasteiger partial charge in [0.2, 0.25) is 0 Å². The van der Waals surface area contributed by atoms with Gasteiger partial charge in [0.05, 0.1) is 6.54 Å². The second kappa shape index (κ2) is 4.17. The number of alkyl halides is 1. The Balaban J connectivity index is 2.10. The fourth-order valence-electron chi connectivity index (χ4n) is 1.85. The molecule has 0 bridgehead atoms. The van der Waals surface area contributed by atoms with Gasteiger partial charge in [-0.25, -0.2) is 9.37 Å². The number of hydrogen-bond acceptors (Lipinski definition) is 2. The predicted octanol–water partition coefficient (Wildman–Crippen LogP) is 2.75. The highest BCUT2D eigenvalue weighted by molar-refractivity contribution is 5.41. The lowest BCUT2D eigenvalue weighted by Gasteiger charge is -2.16. The van der Waals surface area contributed by atoms with Gasteiger partial charge in [0.15, 0.2) is 0 Å². The van der Waals surface area contributed by atoms with Crippen LogP contribution in [0.25, 0.3) is 0 Å². The zero-order valence-electron chi connectivity index (χ0n) is 9.28. The first kappa shape index (κ1) is 10.4. The van der Waals surface area contributed by atoms with E-state index in [1.165, 1.54) is 5.56 Å². The van der Waals surface area contributed by atoms with E-state index in [2.05, 4.69) is 24.9 Å². The van der Waals surface area contributed by atoms with E-state index < -0.39 is 6.17 Å². The minimum atomic E-state index is -0.684. The second-order valence-corrected chi connectivity index (χ2v) is 4.44. The van der Waals surface area contributed by atoms with Crippen LogP contribution in [0.4, 0.5) is 10.2 Å². The van der Waals surface area contributed by atoms with Crippen LogP contribution in [0, 0.1) is 0 Å². The molecule has 0 spiro atoms. The van der Waals surface area contributed by atoms with Gasteiger partial charge < -0.3 is 4.90 Å². The highest BCUT2D eigenvalue weighted by Crippen LogP contribution is 2.21. The molecule has 1 aromatic rings. The van der Waals surface area contributed by atoms with Crippen molar-refractivity contribution in [3.8, 4) is 0 Å². The summed E-state index contributed by atoms with van der Waals surface area (Å²) in [6.45, 7) is 5.57. The summed E-state index contributed by atoms with van der Waals surface area (Å²) in [5.74, 6) is 1.40. The number of nitrogens with zero attached hydrogens (tertiary/aromatic N) is 2. The largest absolute Gasteiger partial charge is 0.354 e. The van der Waals surface area contributed by atoms with E-state index in [4.69, 9.17) is 0 Å². The molecular formula is C12H17FN2. The van der Waals surface area contributed by atoms with Crippen LogP contribution in [0.5, 0.6) is 0 Å². The molecule has 82 valence electrons. The van der Waals surface area contributed by atoms with Gasteiger partial charge in [-0.05, 0) is 24.0 Å². The molecule has 1 fully saturated rings. The van der Waals surface area contributed by atoms with Crippen molar-refractivity contribution in [1.29, 1.82) is 0 Å². The van der Waals surface area contributed by atoms with Gasteiger partial charge in [-0.2, -0.15) is 0 Å². The summed E-state index contributed by atoms with van der Waals surface area (Å²) in [6, 6.07) is 4.08. The van der Waals surface area contributed by atoms with Crippen molar-refractivity contribution in [3.05, 3.63) is 23.9 Å². The molecule has 2 heterocycles. The molecule has 1 saturated heterocycles. The zero-order valence-corrected chi connectivity index (χ0v) is 9.28. The van der Waals surface area contributed by atoms with E-state index in [-0.39, 0.29) is 0 Å². The summed E-state index contributed by atoms with van der Waals surface area (Å²) >= 11 is 0. The Hall–Kier alpha value is -1.12. The quantitative estimate of drug-likeness (QED) is 0.743. The molecule has 0 aliphatic carbocycles. The first-order chi connectivity index (χ1) is 7.16. The number of pyridine rings is 1. The van der Waals surface area contributed by atoms with Crippen LogP contribution in [0.15, 0.2) is 18.3 Å². The molecule has 1 atom stereocenters. The van der Waals surface area contributed by atoms with Crippen LogP contribution in [-0.4, -0.2) is 24.2 Å². The van der Waals surface area contributed by atoms with E-state index >= 15 is 0 Å². The maximum absolute atomic E-state index is 13.0. The third-order valence-corrected chi connectivity index (χ3v) is 2.89. The molecule has 1 aliphatic heterocycles. The average molecular weight is 208 g/mol. The maximum atomic E-state index is 13.0. The second-order valence-electron chi connectivity index (χ2n) is 4.44. The monoisotopic (exact) mass is 208 g/mol. The molecule has 0 radical (unpaired) electrons. The van der Waals surface area contributed by atoms with Crippen LogP contribution < -0.4 is 4.90 Å². The van der Waals surface area contributed by atoms with Crippen LogP contribution in [-0.2, 0) is 0 Å². The Morgan fingerprint density at radius 2 is 2.27 bits per heavy atom. The number of rotatable bonds is 2. The van der Waals surface area contributed by atoms with Gasteiger partial charge in [0, 0.05) is 12.7 Å². The van der Waals surface area contributed by atoms with Gasteiger partial charge >= 0.3 is 0 Å². The molecule has 0 amide bonds. The Morgan fingerprint density at radius 1 is 1.47 bits per heavy atom. The molecule has 0 aromatic carbocycles. The molecule has 1 unspecified atom stereocenters. The van der Waals surface area contributed by atoms with Crippen molar-refractivity contribution in [2.24, 2.45) is 0 Å². The van der Waals surface area contributed by atoms with Crippen molar-refractivity contribution in [2.45, 2.75) is 32.4 Å². The highest BCUT2D eigenvalue weighted by atomic mass is 19.1. The van der Waals surface area contributed by atoms with Crippen molar-refractivity contribution in [1.82, 2.24) is 4.98 Å². The summed E-state index contributed by atoms with van der Waals surface area (Å²) in [5, 5.41) is 0. The molecule has 2 rings (SSSR count). The molecule has 0 N–H and O–H groups in total. The Morgan fingerprint density at radius 3 is 2.73 bits per heavy atom. The lowest BCUT2D eigenvalue weighted by atomic mass is 10.1. The summed E-state index contributed by atoms with van der Waals surface area (Å²) in [6.07, 6.45) is 1.84. The van der Waals surface area contributed by atoms with E-state index in [0.717, 1.165) is 12.4 Å². The SMILES string of the molecule is CC(C)c1ccc(N2CCC(F)C2)nc1. The lowest BCUT2D eigenvalue weighted by molar-refractivity contribution is 0.364. The summed E-state index contributed by atoms with van der Waals surface area (Å²) in [5.41, 5.74) is 1.23. The molecule has 15 heavy (non-hydrogen) atoms. The van der Waals surface area contributed by atoms with E-state index in [1.54, 1.807) is 0 Å².